The summed E-state index contributed by atoms with van der Waals surface area (Å²) < 4.78 is 27.4. The molecule has 2 rings (SSSR count). The Balaban J connectivity index is 1.99. The molecule has 0 aliphatic carbocycles. The van der Waals surface area contributed by atoms with Crippen LogP contribution in [0.3, 0.4) is 0 Å². The lowest BCUT2D eigenvalue weighted by atomic mass is 10.0. The molecule has 2 aromatic rings. The average Bonchev–Trinajstić information content (AvgIpc) is 2.60. The van der Waals surface area contributed by atoms with Gasteiger partial charge in [-0.2, -0.15) is 0 Å². The fourth-order valence-electron chi connectivity index (χ4n) is 2.29. The third-order valence-electron chi connectivity index (χ3n) is 3.68. The largest absolute Gasteiger partial charge is 0.340 e. The third-order valence-corrected chi connectivity index (χ3v) is 3.68. The predicted molar refractivity (Wildman–Crippen MR) is 91.8 cm³/mol. The van der Waals surface area contributed by atoms with Gasteiger partial charge in [-0.25, -0.2) is 14.3 Å². The van der Waals surface area contributed by atoms with Gasteiger partial charge in [-0.15, -0.1) is 0 Å². The Morgan fingerprint density at radius 2 is 1.62 bits per heavy atom. The van der Waals surface area contributed by atoms with Crippen molar-refractivity contribution >= 4 is 11.8 Å². The Hall–Kier alpha value is -2.80. The summed E-state index contributed by atoms with van der Waals surface area (Å²) in [7, 11) is 0. The Kier molecular flexibility index (Phi) is 6.80. The highest BCUT2D eigenvalue weighted by molar-refractivity contribution is 5.97. The van der Waals surface area contributed by atoms with Gasteiger partial charge >= 0.3 is 0 Å². The number of amides is 2. The van der Waals surface area contributed by atoms with E-state index < -0.39 is 35.1 Å². The Morgan fingerprint density at radius 3 is 2.19 bits per heavy atom. The van der Waals surface area contributed by atoms with Gasteiger partial charge < -0.3 is 5.32 Å². The van der Waals surface area contributed by atoms with E-state index in [4.69, 9.17) is 4.84 Å². The van der Waals surface area contributed by atoms with Gasteiger partial charge in [-0.05, 0) is 23.6 Å². The van der Waals surface area contributed by atoms with Gasteiger partial charge in [0, 0.05) is 0 Å². The summed E-state index contributed by atoms with van der Waals surface area (Å²) in [4.78, 5) is 29.6. The number of rotatable bonds is 7. The molecule has 7 heteroatoms. The highest BCUT2D eigenvalue weighted by Crippen LogP contribution is 2.13. The minimum absolute atomic E-state index is 0.146. The molecule has 0 bridgehead atoms. The smallest absolute Gasteiger partial charge is 0.266 e. The van der Waals surface area contributed by atoms with Crippen molar-refractivity contribution in [2.24, 2.45) is 5.92 Å². The molecule has 0 saturated heterocycles. The monoisotopic (exact) mass is 362 g/mol. The van der Waals surface area contributed by atoms with E-state index in [1.54, 1.807) is 13.8 Å². The summed E-state index contributed by atoms with van der Waals surface area (Å²) in [6.45, 7) is 3.53. The minimum atomic E-state index is -1.02. The molecule has 0 radical (unpaired) electrons. The molecule has 0 aliphatic rings. The van der Waals surface area contributed by atoms with E-state index in [0.717, 1.165) is 23.8 Å². The number of halogens is 2. The van der Waals surface area contributed by atoms with E-state index in [2.05, 4.69) is 10.8 Å². The molecule has 2 aromatic carbocycles. The van der Waals surface area contributed by atoms with Crippen molar-refractivity contribution in [2.45, 2.75) is 26.5 Å². The SMILES string of the molecule is CC(C)[C@@H](NC(=O)c1c(F)cccc1F)C(=O)NOCc1ccccc1. The molecule has 0 heterocycles. The standard InChI is InChI=1S/C19H20F2N2O3/c1-12(2)17(19(25)23-26-11-13-7-4-3-5-8-13)22-18(24)16-14(20)9-6-10-15(16)21/h3-10,12,17H,11H2,1-2H3,(H,22,24)(H,23,25)/t17-/m1/s1. The van der Waals surface area contributed by atoms with Crippen LogP contribution in [0.1, 0.15) is 29.8 Å². The Bertz CT molecular complexity index is 746. The molecule has 138 valence electrons. The average molecular weight is 362 g/mol. The van der Waals surface area contributed by atoms with Crippen LogP contribution in [0, 0.1) is 17.6 Å². The van der Waals surface area contributed by atoms with E-state index in [1.807, 2.05) is 30.3 Å². The van der Waals surface area contributed by atoms with Gasteiger partial charge in [0.05, 0.1) is 6.61 Å². The van der Waals surface area contributed by atoms with Crippen LogP contribution in [0.25, 0.3) is 0 Å². The van der Waals surface area contributed by atoms with Gasteiger partial charge in [-0.1, -0.05) is 50.2 Å². The molecular weight excluding hydrogens is 342 g/mol. The van der Waals surface area contributed by atoms with Crippen molar-refractivity contribution in [1.29, 1.82) is 0 Å². The first-order chi connectivity index (χ1) is 12.4. The topological polar surface area (TPSA) is 67.4 Å². The molecule has 0 aromatic heterocycles. The van der Waals surface area contributed by atoms with E-state index in [-0.39, 0.29) is 12.5 Å². The maximum atomic E-state index is 13.7. The first-order valence-electron chi connectivity index (χ1n) is 8.10. The summed E-state index contributed by atoms with van der Waals surface area (Å²) in [6, 6.07) is 11.3. The molecule has 0 aliphatic heterocycles. The first-order valence-corrected chi connectivity index (χ1v) is 8.10. The Morgan fingerprint density at radius 1 is 1.00 bits per heavy atom. The fourth-order valence-corrected chi connectivity index (χ4v) is 2.29. The zero-order valence-electron chi connectivity index (χ0n) is 14.5. The third kappa shape index (κ3) is 5.10. The number of hydroxylamine groups is 1. The molecule has 0 fully saturated rings. The van der Waals surface area contributed by atoms with Crippen LogP contribution in [0.15, 0.2) is 48.5 Å². The summed E-state index contributed by atoms with van der Waals surface area (Å²) in [6.07, 6.45) is 0. The number of benzene rings is 2. The van der Waals surface area contributed by atoms with Crippen molar-refractivity contribution in [1.82, 2.24) is 10.8 Å². The zero-order valence-corrected chi connectivity index (χ0v) is 14.5. The van der Waals surface area contributed by atoms with E-state index >= 15 is 0 Å². The summed E-state index contributed by atoms with van der Waals surface area (Å²) in [5.74, 6) is -3.93. The maximum absolute atomic E-state index is 13.7. The number of hydrogen-bond donors (Lipinski definition) is 2. The Labute approximate surface area is 150 Å². The molecule has 1 atom stereocenters. The van der Waals surface area contributed by atoms with Crippen molar-refractivity contribution in [2.75, 3.05) is 0 Å². The molecule has 0 saturated carbocycles. The van der Waals surface area contributed by atoms with Gasteiger partial charge in [-0.3, -0.25) is 14.4 Å². The van der Waals surface area contributed by atoms with Crippen molar-refractivity contribution < 1.29 is 23.2 Å². The van der Waals surface area contributed by atoms with Gasteiger partial charge in [0.2, 0.25) is 0 Å². The quantitative estimate of drug-likeness (QED) is 0.744. The van der Waals surface area contributed by atoms with Crippen LogP contribution in [-0.4, -0.2) is 17.9 Å². The van der Waals surface area contributed by atoms with Crippen LogP contribution >= 0.6 is 0 Å². The second-order valence-corrected chi connectivity index (χ2v) is 6.03. The van der Waals surface area contributed by atoms with Crippen LogP contribution in [0.2, 0.25) is 0 Å². The molecule has 0 spiro atoms. The number of carbonyl (C=O) groups excluding carboxylic acids is 2. The van der Waals surface area contributed by atoms with Gasteiger partial charge in [0.15, 0.2) is 0 Å². The molecule has 2 amide bonds. The highest BCUT2D eigenvalue weighted by atomic mass is 19.1. The lowest BCUT2D eigenvalue weighted by molar-refractivity contribution is -0.137. The van der Waals surface area contributed by atoms with Gasteiger partial charge in [0.1, 0.15) is 23.2 Å². The van der Waals surface area contributed by atoms with Crippen molar-refractivity contribution in [3.05, 3.63) is 71.3 Å². The summed E-state index contributed by atoms with van der Waals surface area (Å²) >= 11 is 0. The lowest BCUT2D eigenvalue weighted by Gasteiger charge is -2.21. The highest BCUT2D eigenvalue weighted by Gasteiger charge is 2.27. The molecule has 5 nitrogen and oxygen atoms in total. The molecule has 0 unspecified atom stereocenters. The van der Waals surface area contributed by atoms with E-state index in [0.29, 0.717) is 0 Å². The van der Waals surface area contributed by atoms with E-state index in [9.17, 15) is 18.4 Å². The first kappa shape index (κ1) is 19.5. The number of nitrogens with one attached hydrogen (secondary N) is 2. The number of carbonyl (C=O) groups is 2. The van der Waals surface area contributed by atoms with Crippen molar-refractivity contribution in [3.8, 4) is 0 Å². The van der Waals surface area contributed by atoms with Crippen LogP contribution in [0.4, 0.5) is 8.78 Å². The minimum Gasteiger partial charge on any atom is -0.340 e. The number of hydrogen-bond acceptors (Lipinski definition) is 3. The van der Waals surface area contributed by atoms with Gasteiger partial charge in [0.25, 0.3) is 11.8 Å². The molecule has 26 heavy (non-hydrogen) atoms. The fraction of sp³-hybridized carbons (Fsp3) is 0.263. The normalized spacial score (nSPS) is 11.9. The van der Waals surface area contributed by atoms with Crippen molar-refractivity contribution in [3.63, 3.8) is 0 Å². The van der Waals surface area contributed by atoms with E-state index in [1.165, 1.54) is 0 Å². The maximum Gasteiger partial charge on any atom is 0.266 e. The summed E-state index contributed by atoms with van der Waals surface area (Å²) in [5.41, 5.74) is 2.38. The van der Waals surface area contributed by atoms with Crippen LogP contribution in [0.5, 0.6) is 0 Å². The summed E-state index contributed by atoms with van der Waals surface area (Å²) in [5, 5.41) is 2.35. The second kappa shape index (κ2) is 9.05. The van der Waals surface area contributed by atoms with Crippen LogP contribution in [-0.2, 0) is 16.2 Å². The lowest BCUT2D eigenvalue weighted by Crippen LogP contribution is -2.49. The second-order valence-electron chi connectivity index (χ2n) is 6.03. The van der Waals surface area contributed by atoms with Crippen LogP contribution < -0.4 is 10.8 Å². The molecular formula is C19H20F2N2O3. The molecule has 2 N–H and O–H groups in total. The predicted octanol–water partition coefficient (Wildman–Crippen LogP) is 2.97. The zero-order chi connectivity index (χ0) is 19.1.